The van der Waals surface area contributed by atoms with Crippen molar-refractivity contribution in [1.82, 2.24) is 10.2 Å². The molecule has 0 aliphatic carbocycles. The predicted molar refractivity (Wildman–Crippen MR) is 110 cm³/mol. The van der Waals surface area contributed by atoms with E-state index in [1.807, 2.05) is 24.3 Å². The van der Waals surface area contributed by atoms with Crippen LogP contribution in [0.25, 0.3) is 5.76 Å². The average molecular weight is 456 g/mol. The Morgan fingerprint density at radius 2 is 1.86 bits per heavy atom. The van der Waals surface area contributed by atoms with Gasteiger partial charge < -0.3 is 5.11 Å². The maximum absolute atomic E-state index is 12.9. The normalized spacial score (nSPS) is 18.6. The minimum Gasteiger partial charge on any atom is -0.507 e. The van der Waals surface area contributed by atoms with Gasteiger partial charge in [-0.05, 0) is 24.6 Å². The highest BCUT2D eigenvalue weighted by atomic mass is 79.9. The first-order chi connectivity index (χ1) is 13.5. The SMILES string of the molecule is Cc1nnc(N2C(=O)C(=O)C(=C(O)c3ccccc3)[C@@H]2c2cccc(Br)c2)s1. The number of benzene rings is 2. The molecule has 0 bridgehead atoms. The van der Waals surface area contributed by atoms with Gasteiger partial charge >= 0.3 is 5.91 Å². The van der Waals surface area contributed by atoms with E-state index in [1.165, 1.54) is 16.2 Å². The molecule has 1 aliphatic heterocycles. The number of aromatic nitrogens is 2. The van der Waals surface area contributed by atoms with Crippen molar-refractivity contribution in [3.63, 3.8) is 0 Å². The Morgan fingerprint density at radius 1 is 1.11 bits per heavy atom. The molecule has 1 N–H and O–H groups in total. The zero-order valence-corrected chi connectivity index (χ0v) is 17.1. The number of hydrogen-bond donors (Lipinski definition) is 1. The van der Waals surface area contributed by atoms with Crippen LogP contribution in [0.2, 0.25) is 0 Å². The summed E-state index contributed by atoms with van der Waals surface area (Å²) in [6, 6.07) is 15.2. The molecule has 6 nitrogen and oxygen atoms in total. The summed E-state index contributed by atoms with van der Waals surface area (Å²) >= 11 is 4.65. The number of aliphatic hydroxyl groups excluding tert-OH is 1. The van der Waals surface area contributed by atoms with Gasteiger partial charge in [0.25, 0.3) is 5.78 Å². The molecule has 140 valence electrons. The van der Waals surface area contributed by atoms with Crippen LogP contribution in [0.1, 0.15) is 22.2 Å². The third-order valence-corrected chi connectivity index (χ3v) is 5.71. The Morgan fingerprint density at radius 3 is 2.50 bits per heavy atom. The van der Waals surface area contributed by atoms with Crippen LogP contribution in [0, 0.1) is 6.92 Å². The van der Waals surface area contributed by atoms with Crippen LogP contribution in [0.4, 0.5) is 5.13 Å². The number of hydrogen-bond acceptors (Lipinski definition) is 6. The van der Waals surface area contributed by atoms with E-state index in [2.05, 4.69) is 26.1 Å². The number of anilines is 1. The molecule has 1 fully saturated rings. The second-order valence-electron chi connectivity index (χ2n) is 6.19. The first kappa shape index (κ1) is 18.5. The molecule has 28 heavy (non-hydrogen) atoms. The van der Waals surface area contributed by atoms with E-state index >= 15 is 0 Å². The second-order valence-corrected chi connectivity index (χ2v) is 8.27. The number of ketones is 1. The smallest absolute Gasteiger partial charge is 0.301 e. The van der Waals surface area contributed by atoms with Gasteiger partial charge in [0.2, 0.25) is 5.13 Å². The lowest BCUT2D eigenvalue weighted by Crippen LogP contribution is -2.29. The molecule has 3 aromatic rings. The minimum atomic E-state index is -0.801. The number of carbonyl (C=O) groups excluding carboxylic acids is 2. The molecule has 2 aromatic carbocycles. The van der Waals surface area contributed by atoms with E-state index in [9.17, 15) is 14.7 Å². The number of Topliss-reactive ketones (excluding diaryl/α,β-unsaturated/α-hetero) is 1. The molecular weight excluding hydrogens is 442 g/mol. The van der Waals surface area contributed by atoms with Crippen molar-refractivity contribution >= 4 is 49.8 Å². The van der Waals surface area contributed by atoms with Crippen molar-refractivity contribution in [2.45, 2.75) is 13.0 Å². The van der Waals surface area contributed by atoms with Crippen LogP contribution in [0.5, 0.6) is 0 Å². The largest absolute Gasteiger partial charge is 0.507 e. The van der Waals surface area contributed by atoms with Gasteiger partial charge in [-0.1, -0.05) is 69.7 Å². The fourth-order valence-corrected chi connectivity index (χ4v) is 4.29. The molecule has 1 aliphatic rings. The quantitative estimate of drug-likeness (QED) is 0.362. The van der Waals surface area contributed by atoms with Gasteiger partial charge in [0.05, 0.1) is 11.6 Å². The monoisotopic (exact) mass is 455 g/mol. The van der Waals surface area contributed by atoms with Crippen molar-refractivity contribution in [2.24, 2.45) is 0 Å². The van der Waals surface area contributed by atoms with Crippen LogP contribution in [-0.4, -0.2) is 27.0 Å². The van der Waals surface area contributed by atoms with Crippen LogP contribution < -0.4 is 4.90 Å². The maximum Gasteiger partial charge on any atom is 0.301 e. The van der Waals surface area contributed by atoms with Crippen molar-refractivity contribution in [3.05, 3.63) is 80.8 Å². The third kappa shape index (κ3) is 3.14. The van der Waals surface area contributed by atoms with E-state index < -0.39 is 17.7 Å². The summed E-state index contributed by atoms with van der Waals surface area (Å²) < 4.78 is 0.795. The average Bonchev–Trinajstić information content (AvgIpc) is 3.23. The molecular formula is C20H14BrN3O3S. The van der Waals surface area contributed by atoms with Gasteiger partial charge in [-0.25, -0.2) is 0 Å². The number of carbonyl (C=O) groups is 2. The van der Waals surface area contributed by atoms with Gasteiger partial charge in [0.1, 0.15) is 10.8 Å². The van der Waals surface area contributed by atoms with Crippen LogP contribution >= 0.6 is 27.3 Å². The highest BCUT2D eigenvalue weighted by Crippen LogP contribution is 2.43. The van der Waals surface area contributed by atoms with Gasteiger partial charge in [-0.3, -0.25) is 14.5 Å². The van der Waals surface area contributed by atoms with Crippen molar-refractivity contribution in [1.29, 1.82) is 0 Å². The fraction of sp³-hybridized carbons (Fsp3) is 0.100. The summed E-state index contributed by atoms with van der Waals surface area (Å²) in [6.45, 7) is 1.77. The molecule has 4 rings (SSSR count). The topological polar surface area (TPSA) is 83.4 Å². The lowest BCUT2D eigenvalue weighted by atomic mass is 9.95. The molecule has 1 amide bonds. The zero-order valence-electron chi connectivity index (χ0n) is 14.7. The Labute approximate surface area is 173 Å². The molecule has 1 atom stereocenters. The number of rotatable bonds is 3. The van der Waals surface area contributed by atoms with E-state index in [0.717, 1.165) is 4.47 Å². The standard InChI is InChI=1S/C20H14BrN3O3S/c1-11-22-23-20(28-11)24-16(13-8-5-9-14(21)10-13)15(18(26)19(24)27)17(25)12-6-3-2-4-7-12/h2-10,16,25H,1H3/t16-/m0/s1. The fourth-order valence-electron chi connectivity index (χ4n) is 3.16. The molecule has 1 saturated heterocycles. The summed E-state index contributed by atoms with van der Waals surface area (Å²) in [5.41, 5.74) is 1.18. The van der Waals surface area contributed by atoms with Crippen molar-refractivity contribution < 1.29 is 14.7 Å². The molecule has 0 saturated carbocycles. The molecule has 2 heterocycles. The molecule has 0 unspecified atom stereocenters. The van der Waals surface area contributed by atoms with Crippen molar-refractivity contribution in [3.8, 4) is 0 Å². The van der Waals surface area contributed by atoms with E-state index in [4.69, 9.17) is 0 Å². The van der Waals surface area contributed by atoms with E-state index in [0.29, 0.717) is 21.3 Å². The summed E-state index contributed by atoms with van der Waals surface area (Å²) in [5, 5.41) is 19.9. The van der Waals surface area contributed by atoms with Gasteiger partial charge in [0.15, 0.2) is 0 Å². The van der Waals surface area contributed by atoms with Gasteiger partial charge in [-0.2, -0.15) is 0 Å². The first-order valence-electron chi connectivity index (χ1n) is 8.39. The molecule has 1 aromatic heterocycles. The minimum absolute atomic E-state index is 0.0298. The van der Waals surface area contributed by atoms with Crippen LogP contribution in [0.3, 0.4) is 0 Å². The summed E-state index contributed by atoms with van der Waals surface area (Å²) in [7, 11) is 0. The lowest BCUT2D eigenvalue weighted by Gasteiger charge is -2.22. The van der Waals surface area contributed by atoms with E-state index in [1.54, 1.807) is 37.3 Å². The summed E-state index contributed by atoms with van der Waals surface area (Å²) in [6.07, 6.45) is 0. The Hall–Kier alpha value is -2.84. The Bertz CT molecular complexity index is 1110. The predicted octanol–water partition coefficient (Wildman–Crippen LogP) is 4.24. The highest BCUT2D eigenvalue weighted by Gasteiger charge is 2.48. The number of amides is 1. The number of aliphatic hydroxyl groups is 1. The number of aryl methyl sites for hydroxylation is 1. The van der Waals surface area contributed by atoms with Crippen LogP contribution in [-0.2, 0) is 9.59 Å². The zero-order chi connectivity index (χ0) is 19.8. The van der Waals surface area contributed by atoms with Crippen LogP contribution in [0.15, 0.2) is 64.6 Å². The third-order valence-electron chi connectivity index (χ3n) is 4.38. The molecule has 8 heteroatoms. The number of halogens is 1. The molecule has 0 radical (unpaired) electrons. The van der Waals surface area contributed by atoms with Crippen molar-refractivity contribution in [2.75, 3.05) is 4.90 Å². The Kier molecular flexibility index (Phi) is 4.82. The Balaban J connectivity index is 1.96. The first-order valence-corrected chi connectivity index (χ1v) is 10.0. The van der Waals surface area contributed by atoms with Gasteiger partial charge in [-0.15, -0.1) is 10.2 Å². The number of nitrogens with zero attached hydrogens (tertiary/aromatic N) is 3. The summed E-state index contributed by atoms with van der Waals surface area (Å²) in [4.78, 5) is 27.1. The highest BCUT2D eigenvalue weighted by molar-refractivity contribution is 9.10. The maximum atomic E-state index is 12.9. The molecule has 0 spiro atoms. The lowest BCUT2D eigenvalue weighted by molar-refractivity contribution is -0.132. The second kappa shape index (κ2) is 7.29. The van der Waals surface area contributed by atoms with E-state index in [-0.39, 0.29) is 11.3 Å². The van der Waals surface area contributed by atoms with Gasteiger partial charge in [0, 0.05) is 10.0 Å². The summed E-state index contributed by atoms with van der Waals surface area (Å²) in [5.74, 6) is -1.70.